The highest BCUT2D eigenvalue weighted by atomic mass is 16.5. The highest BCUT2D eigenvalue weighted by Gasteiger charge is 2.29. The van der Waals surface area contributed by atoms with Gasteiger partial charge in [-0.1, -0.05) is 30.4 Å². The molecule has 1 aromatic carbocycles. The highest BCUT2D eigenvalue weighted by Crippen LogP contribution is 2.32. The zero-order chi connectivity index (χ0) is 12.5. The summed E-state index contributed by atoms with van der Waals surface area (Å²) in [6.45, 7) is 0.508. The largest absolute Gasteiger partial charge is 0.491 e. The van der Waals surface area contributed by atoms with Crippen molar-refractivity contribution in [3.8, 4) is 5.75 Å². The molecule has 1 aliphatic heterocycles. The third-order valence-electron chi connectivity index (χ3n) is 3.47. The van der Waals surface area contributed by atoms with E-state index in [9.17, 15) is 4.79 Å². The van der Waals surface area contributed by atoms with Crippen molar-refractivity contribution in [2.24, 2.45) is 11.7 Å². The van der Waals surface area contributed by atoms with Crippen molar-refractivity contribution >= 4 is 5.91 Å². The Morgan fingerprint density at radius 1 is 1.33 bits per heavy atom. The number of rotatable bonds is 2. The van der Waals surface area contributed by atoms with Crippen LogP contribution in [0.2, 0.25) is 0 Å². The molecule has 3 N–H and O–H groups in total. The van der Waals surface area contributed by atoms with Crippen LogP contribution in [0.1, 0.15) is 18.0 Å². The van der Waals surface area contributed by atoms with E-state index >= 15 is 0 Å². The molecule has 1 heterocycles. The third-order valence-corrected chi connectivity index (χ3v) is 3.47. The highest BCUT2D eigenvalue weighted by molar-refractivity contribution is 5.81. The Kier molecular flexibility index (Phi) is 2.80. The average molecular weight is 244 g/mol. The summed E-state index contributed by atoms with van der Waals surface area (Å²) in [5.41, 5.74) is 6.81. The minimum atomic E-state index is -0.104. The van der Waals surface area contributed by atoms with E-state index in [1.807, 2.05) is 36.4 Å². The summed E-state index contributed by atoms with van der Waals surface area (Å²) in [5.74, 6) is 0.790. The Bertz CT molecular complexity index is 498. The maximum atomic E-state index is 12.1. The quantitative estimate of drug-likeness (QED) is 0.767. The lowest BCUT2D eigenvalue weighted by Crippen LogP contribution is -2.34. The van der Waals surface area contributed by atoms with Crippen molar-refractivity contribution in [3.05, 3.63) is 42.0 Å². The van der Waals surface area contributed by atoms with Crippen LogP contribution in [-0.2, 0) is 4.79 Å². The van der Waals surface area contributed by atoms with Gasteiger partial charge < -0.3 is 15.8 Å². The first-order chi connectivity index (χ1) is 8.74. The number of nitrogens with two attached hydrogens (primary N) is 1. The van der Waals surface area contributed by atoms with Gasteiger partial charge in [-0.15, -0.1) is 0 Å². The lowest BCUT2D eigenvalue weighted by Gasteiger charge is -2.15. The molecule has 94 valence electrons. The normalized spacial score (nSPS) is 28.8. The SMILES string of the molecule is NC1C=CC(C(=O)NC2COc3ccccc32)C1. The van der Waals surface area contributed by atoms with Crippen LogP contribution >= 0.6 is 0 Å². The Hall–Kier alpha value is -1.81. The predicted octanol–water partition coefficient (Wildman–Crippen LogP) is 1.14. The van der Waals surface area contributed by atoms with Gasteiger partial charge in [0.15, 0.2) is 0 Å². The molecular formula is C14H16N2O2. The smallest absolute Gasteiger partial charge is 0.227 e. The van der Waals surface area contributed by atoms with E-state index < -0.39 is 0 Å². The van der Waals surface area contributed by atoms with Crippen molar-refractivity contribution in [3.63, 3.8) is 0 Å². The number of carbonyl (C=O) groups excluding carboxylic acids is 1. The molecule has 3 unspecified atom stereocenters. The first-order valence-corrected chi connectivity index (χ1v) is 6.20. The third kappa shape index (κ3) is 1.99. The van der Waals surface area contributed by atoms with E-state index in [0.29, 0.717) is 13.0 Å². The molecule has 0 saturated carbocycles. The van der Waals surface area contributed by atoms with Gasteiger partial charge in [0.2, 0.25) is 5.91 Å². The summed E-state index contributed by atoms with van der Waals surface area (Å²) in [6.07, 6.45) is 4.48. The maximum Gasteiger partial charge on any atom is 0.227 e. The monoisotopic (exact) mass is 244 g/mol. The minimum Gasteiger partial charge on any atom is -0.491 e. The van der Waals surface area contributed by atoms with E-state index in [0.717, 1.165) is 11.3 Å². The number of hydrogen-bond donors (Lipinski definition) is 2. The molecule has 0 fully saturated rings. The number of hydrogen-bond acceptors (Lipinski definition) is 3. The van der Waals surface area contributed by atoms with E-state index in [2.05, 4.69) is 5.32 Å². The number of fused-ring (bicyclic) bond motifs is 1. The molecule has 18 heavy (non-hydrogen) atoms. The molecule has 0 aromatic heterocycles. The van der Waals surface area contributed by atoms with Crippen LogP contribution in [0.25, 0.3) is 0 Å². The summed E-state index contributed by atoms with van der Waals surface area (Å²) in [6, 6.07) is 7.77. The molecule has 0 bridgehead atoms. The zero-order valence-corrected chi connectivity index (χ0v) is 10.0. The second kappa shape index (κ2) is 4.46. The number of amides is 1. The van der Waals surface area contributed by atoms with Gasteiger partial charge >= 0.3 is 0 Å². The van der Waals surface area contributed by atoms with Crippen molar-refractivity contribution < 1.29 is 9.53 Å². The van der Waals surface area contributed by atoms with Crippen LogP contribution < -0.4 is 15.8 Å². The van der Waals surface area contributed by atoms with Gasteiger partial charge in [-0.05, 0) is 12.5 Å². The molecule has 4 nitrogen and oxygen atoms in total. The van der Waals surface area contributed by atoms with E-state index in [-0.39, 0.29) is 23.9 Å². The lowest BCUT2D eigenvalue weighted by molar-refractivity contribution is -0.124. The zero-order valence-electron chi connectivity index (χ0n) is 10.0. The molecule has 3 atom stereocenters. The Balaban J connectivity index is 1.68. The number of carbonyl (C=O) groups is 1. The topological polar surface area (TPSA) is 64.4 Å². The molecule has 2 aliphatic rings. The van der Waals surface area contributed by atoms with Gasteiger partial charge in [0, 0.05) is 11.6 Å². The molecule has 0 spiro atoms. The van der Waals surface area contributed by atoms with Crippen molar-refractivity contribution in [2.45, 2.75) is 18.5 Å². The van der Waals surface area contributed by atoms with Crippen LogP contribution in [0.4, 0.5) is 0 Å². The summed E-state index contributed by atoms with van der Waals surface area (Å²) in [5, 5.41) is 3.03. The molecule has 3 rings (SSSR count). The molecule has 4 heteroatoms. The van der Waals surface area contributed by atoms with Gasteiger partial charge in [-0.25, -0.2) is 0 Å². The molecule has 1 amide bonds. The molecule has 0 saturated heterocycles. The fraction of sp³-hybridized carbons (Fsp3) is 0.357. The van der Waals surface area contributed by atoms with E-state index in [1.54, 1.807) is 0 Å². The standard InChI is InChI=1S/C14H16N2O2/c15-10-6-5-9(7-10)14(17)16-12-8-18-13-4-2-1-3-11(12)13/h1-6,9-10,12H,7-8,15H2,(H,16,17). The van der Waals surface area contributed by atoms with Crippen LogP contribution in [0.3, 0.4) is 0 Å². The van der Waals surface area contributed by atoms with Crippen LogP contribution in [-0.4, -0.2) is 18.6 Å². The fourth-order valence-corrected chi connectivity index (χ4v) is 2.48. The van der Waals surface area contributed by atoms with Crippen LogP contribution in [0.5, 0.6) is 5.75 Å². The van der Waals surface area contributed by atoms with E-state index in [4.69, 9.17) is 10.5 Å². The first kappa shape index (κ1) is 11.3. The summed E-state index contributed by atoms with van der Waals surface area (Å²) >= 11 is 0. The summed E-state index contributed by atoms with van der Waals surface area (Å²) in [7, 11) is 0. The number of para-hydroxylation sites is 1. The van der Waals surface area contributed by atoms with E-state index in [1.165, 1.54) is 0 Å². The number of benzene rings is 1. The number of nitrogens with one attached hydrogen (secondary N) is 1. The Morgan fingerprint density at radius 3 is 2.94 bits per heavy atom. The average Bonchev–Trinajstić information content (AvgIpc) is 2.97. The molecular weight excluding hydrogens is 228 g/mol. The maximum absolute atomic E-state index is 12.1. The van der Waals surface area contributed by atoms with Gasteiger partial charge in [0.05, 0.1) is 12.0 Å². The molecule has 1 aliphatic carbocycles. The predicted molar refractivity (Wildman–Crippen MR) is 68.0 cm³/mol. The fourth-order valence-electron chi connectivity index (χ4n) is 2.48. The molecule has 0 radical (unpaired) electrons. The molecule has 1 aromatic rings. The Labute approximate surface area is 106 Å². The van der Waals surface area contributed by atoms with Gasteiger partial charge in [-0.3, -0.25) is 4.79 Å². The minimum absolute atomic E-state index is 0.00728. The van der Waals surface area contributed by atoms with Crippen molar-refractivity contribution in [1.82, 2.24) is 5.32 Å². The van der Waals surface area contributed by atoms with Crippen molar-refractivity contribution in [1.29, 1.82) is 0 Å². The second-order valence-corrected chi connectivity index (χ2v) is 4.80. The van der Waals surface area contributed by atoms with Crippen molar-refractivity contribution in [2.75, 3.05) is 6.61 Å². The van der Waals surface area contributed by atoms with Crippen LogP contribution in [0, 0.1) is 5.92 Å². The van der Waals surface area contributed by atoms with Crippen LogP contribution in [0.15, 0.2) is 36.4 Å². The Morgan fingerprint density at radius 2 is 2.17 bits per heavy atom. The number of ether oxygens (including phenoxy) is 1. The van der Waals surface area contributed by atoms with Gasteiger partial charge in [0.1, 0.15) is 12.4 Å². The van der Waals surface area contributed by atoms with Gasteiger partial charge in [0.25, 0.3) is 0 Å². The summed E-state index contributed by atoms with van der Waals surface area (Å²) in [4.78, 5) is 12.1. The summed E-state index contributed by atoms with van der Waals surface area (Å²) < 4.78 is 5.54. The first-order valence-electron chi connectivity index (χ1n) is 6.20. The lowest BCUT2D eigenvalue weighted by atomic mass is 10.0. The van der Waals surface area contributed by atoms with Gasteiger partial charge in [-0.2, -0.15) is 0 Å². The second-order valence-electron chi connectivity index (χ2n) is 4.80.